The highest BCUT2D eigenvalue weighted by Crippen LogP contribution is 2.18. The molecule has 1 heterocycles. The van der Waals surface area contributed by atoms with E-state index in [2.05, 4.69) is 10.3 Å². The number of anilines is 1. The maximum absolute atomic E-state index is 10.7. The molecule has 0 saturated carbocycles. The SMILES string of the molecule is CNc1cc2ccc(C(=O)O)cc2cn1. The predicted octanol–water partition coefficient (Wildman–Crippen LogP) is 1.97. The van der Waals surface area contributed by atoms with Crippen molar-refractivity contribution < 1.29 is 9.90 Å². The second kappa shape index (κ2) is 3.57. The van der Waals surface area contributed by atoms with Crippen LogP contribution in [0.15, 0.2) is 30.5 Å². The third-order valence-electron chi connectivity index (χ3n) is 2.22. The number of nitrogens with zero attached hydrogens (tertiary/aromatic N) is 1. The molecule has 0 amide bonds. The summed E-state index contributed by atoms with van der Waals surface area (Å²) in [4.78, 5) is 14.9. The van der Waals surface area contributed by atoms with Crippen molar-refractivity contribution in [2.24, 2.45) is 0 Å². The van der Waals surface area contributed by atoms with Crippen molar-refractivity contribution in [3.63, 3.8) is 0 Å². The largest absolute Gasteiger partial charge is 0.478 e. The van der Waals surface area contributed by atoms with Gasteiger partial charge in [0.2, 0.25) is 0 Å². The van der Waals surface area contributed by atoms with Gasteiger partial charge in [0.1, 0.15) is 5.82 Å². The number of carbonyl (C=O) groups is 1. The lowest BCUT2D eigenvalue weighted by molar-refractivity contribution is 0.0697. The molecule has 0 fully saturated rings. The minimum Gasteiger partial charge on any atom is -0.478 e. The van der Waals surface area contributed by atoms with Crippen molar-refractivity contribution in [2.75, 3.05) is 12.4 Å². The van der Waals surface area contributed by atoms with Crippen molar-refractivity contribution in [3.8, 4) is 0 Å². The van der Waals surface area contributed by atoms with Crippen LogP contribution >= 0.6 is 0 Å². The summed E-state index contributed by atoms with van der Waals surface area (Å²) < 4.78 is 0. The molecular weight excluding hydrogens is 192 g/mol. The highest BCUT2D eigenvalue weighted by molar-refractivity contribution is 5.94. The van der Waals surface area contributed by atoms with Crippen molar-refractivity contribution in [1.29, 1.82) is 0 Å². The Hall–Kier alpha value is -2.10. The quantitative estimate of drug-likeness (QED) is 0.781. The highest BCUT2D eigenvalue weighted by Gasteiger charge is 2.03. The lowest BCUT2D eigenvalue weighted by Crippen LogP contribution is -1.96. The molecule has 0 spiro atoms. The Kier molecular flexibility index (Phi) is 2.25. The fourth-order valence-corrected chi connectivity index (χ4v) is 1.41. The van der Waals surface area contributed by atoms with E-state index in [9.17, 15) is 4.79 Å². The van der Waals surface area contributed by atoms with E-state index in [0.29, 0.717) is 0 Å². The van der Waals surface area contributed by atoms with Gasteiger partial charge in [-0.2, -0.15) is 0 Å². The summed E-state index contributed by atoms with van der Waals surface area (Å²) in [6, 6.07) is 6.86. The van der Waals surface area contributed by atoms with Crippen LogP contribution in [0.25, 0.3) is 10.8 Å². The number of hydrogen-bond acceptors (Lipinski definition) is 3. The fraction of sp³-hybridized carbons (Fsp3) is 0.0909. The Morgan fingerprint density at radius 2 is 2.13 bits per heavy atom. The number of rotatable bonds is 2. The van der Waals surface area contributed by atoms with E-state index in [1.807, 2.05) is 6.07 Å². The van der Waals surface area contributed by atoms with Crippen LogP contribution < -0.4 is 5.32 Å². The molecule has 0 atom stereocenters. The number of fused-ring (bicyclic) bond motifs is 1. The monoisotopic (exact) mass is 202 g/mol. The van der Waals surface area contributed by atoms with Crippen LogP contribution in [-0.2, 0) is 0 Å². The third kappa shape index (κ3) is 1.74. The molecule has 76 valence electrons. The normalized spacial score (nSPS) is 10.2. The van der Waals surface area contributed by atoms with Gasteiger partial charge in [-0.25, -0.2) is 9.78 Å². The van der Waals surface area contributed by atoms with Crippen LogP contribution in [0.4, 0.5) is 5.82 Å². The van der Waals surface area contributed by atoms with E-state index < -0.39 is 5.97 Å². The summed E-state index contributed by atoms with van der Waals surface area (Å²) in [7, 11) is 1.79. The summed E-state index contributed by atoms with van der Waals surface area (Å²) in [6.45, 7) is 0. The van der Waals surface area contributed by atoms with Gasteiger partial charge in [0.25, 0.3) is 0 Å². The van der Waals surface area contributed by atoms with Gasteiger partial charge in [-0.15, -0.1) is 0 Å². The van der Waals surface area contributed by atoms with Crippen LogP contribution in [-0.4, -0.2) is 23.1 Å². The molecule has 2 rings (SSSR count). The van der Waals surface area contributed by atoms with Crippen LogP contribution in [0, 0.1) is 0 Å². The molecule has 1 aromatic carbocycles. The van der Waals surface area contributed by atoms with Gasteiger partial charge in [0.05, 0.1) is 5.56 Å². The number of aromatic carboxylic acids is 1. The molecule has 1 aromatic heterocycles. The topological polar surface area (TPSA) is 62.2 Å². The number of pyridine rings is 1. The lowest BCUT2D eigenvalue weighted by Gasteiger charge is -2.02. The standard InChI is InChI=1S/C11H10N2O2/c1-12-10-5-7-2-3-8(11(14)15)4-9(7)6-13-10/h2-6H,1H3,(H,12,13)(H,14,15). The van der Waals surface area contributed by atoms with E-state index in [-0.39, 0.29) is 5.56 Å². The van der Waals surface area contributed by atoms with Crippen LogP contribution in [0.1, 0.15) is 10.4 Å². The van der Waals surface area contributed by atoms with Crippen molar-refractivity contribution in [2.45, 2.75) is 0 Å². The number of aromatic nitrogens is 1. The van der Waals surface area contributed by atoms with Gasteiger partial charge in [0.15, 0.2) is 0 Å². The fourth-order valence-electron chi connectivity index (χ4n) is 1.41. The minimum atomic E-state index is -0.922. The Balaban J connectivity index is 2.59. The zero-order chi connectivity index (χ0) is 10.8. The molecule has 15 heavy (non-hydrogen) atoms. The second-order valence-corrected chi connectivity index (χ2v) is 3.19. The Bertz CT molecular complexity index is 523. The number of benzene rings is 1. The summed E-state index contributed by atoms with van der Waals surface area (Å²) in [5.41, 5.74) is 0.279. The highest BCUT2D eigenvalue weighted by atomic mass is 16.4. The van der Waals surface area contributed by atoms with Gasteiger partial charge >= 0.3 is 5.97 Å². The Morgan fingerprint density at radius 1 is 1.33 bits per heavy atom. The first kappa shape index (κ1) is 9.45. The Labute approximate surface area is 86.6 Å². The maximum Gasteiger partial charge on any atom is 0.335 e. The first-order chi connectivity index (χ1) is 7.20. The van der Waals surface area contributed by atoms with Gasteiger partial charge in [-0.3, -0.25) is 0 Å². The molecule has 4 nitrogen and oxygen atoms in total. The Morgan fingerprint density at radius 3 is 2.80 bits per heavy atom. The van der Waals surface area contributed by atoms with E-state index in [1.165, 1.54) is 0 Å². The molecule has 2 aromatic rings. The molecular formula is C11H10N2O2. The summed E-state index contributed by atoms with van der Waals surface area (Å²) in [5.74, 6) is -0.153. The van der Waals surface area contributed by atoms with Crippen LogP contribution in [0.5, 0.6) is 0 Å². The second-order valence-electron chi connectivity index (χ2n) is 3.19. The average molecular weight is 202 g/mol. The third-order valence-corrected chi connectivity index (χ3v) is 2.22. The maximum atomic E-state index is 10.7. The zero-order valence-electron chi connectivity index (χ0n) is 8.19. The van der Waals surface area contributed by atoms with Crippen LogP contribution in [0.2, 0.25) is 0 Å². The summed E-state index contributed by atoms with van der Waals surface area (Å²) in [6.07, 6.45) is 1.66. The van der Waals surface area contributed by atoms with Gasteiger partial charge < -0.3 is 10.4 Å². The molecule has 0 bridgehead atoms. The van der Waals surface area contributed by atoms with Crippen molar-refractivity contribution in [3.05, 3.63) is 36.0 Å². The number of carboxylic acid groups (broad SMARTS) is 1. The molecule has 2 N–H and O–H groups in total. The number of hydrogen-bond donors (Lipinski definition) is 2. The summed E-state index contributed by atoms with van der Waals surface area (Å²) >= 11 is 0. The van der Waals surface area contributed by atoms with Gasteiger partial charge in [-0.05, 0) is 23.6 Å². The zero-order valence-corrected chi connectivity index (χ0v) is 8.19. The average Bonchev–Trinajstić information content (AvgIpc) is 2.27. The number of nitrogens with one attached hydrogen (secondary N) is 1. The van der Waals surface area contributed by atoms with E-state index in [0.717, 1.165) is 16.6 Å². The molecule has 0 saturated heterocycles. The summed E-state index contributed by atoms with van der Waals surface area (Å²) in [5, 5.41) is 13.5. The molecule has 0 aliphatic carbocycles. The van der Waals surface area contributed by atoms with Crippen LogP contribution in [0.3, 0.4) is 0 Å². The first-order valence-corrected chi connectivity index (χ1v) is 4.51. The smallest absolute Gasteiger partial charge is 0.335 e. The molecule has 0 radical (unpaired) electrons. The molecule has 4 heteroatoms. The molecule has 0 aliphatic rings. The van der Waals surface area contributed by atoms with Gasteiger partial charge in [0, 0.05) is 18.6 Å². The predicted molar refractivity (Wildman–Crippen MR) is 58.2 cm³/mol. The van der Waals surface area contributed by atoms with Crippen molar-refractivity contribution >= 4 is 22.6 Å². The molecule has 0 unspecified atom stereocenters. The number of carboxylic acids is 1. The van der Waals surface area contributed by atoms with E-state index in [4.69, 9.17) is 5.11 Å². The van der Waals surface area contributed by atoms with Gasteiger partial charge in [-0.1, -0.05) is 6.07 Å². The first-order valence-electron chi connectivity index (χ1n) is 4.51. The van der Waals surface area contributed by atoms with E-state index >= 15 is 0 Å². The molecule has 0 aliphatic heterocycles. The lowest BCUT2D eigenvalue weighted by atomic mass is 10.1. The van der Waals surface area contributed by atoms with Crippen molar-refractivity contribution in [1.82, 2.24) is 4.98 Å². The minimum absolute atomic E-state index is 0.279. The van der Waals surface area contributed by atoms with E-state index in [1.54, 1.807) is 31.4 Å².